The number of imidazole rings is 1. The van der Waals surface area contributed by atoms with Crippen LogP contribution >= 0.6 is 19.3 Å². The van der Waals surface area contributed by atoms with Gasteiger partial charge in [-0.3, -0.25) is 13.9 Å². The molecule has 6 unspecified atom stereocenters. The number of carbonyl (C=O) groups excluding carboxylic acids is 1. The van der Waals surface area contributed by atoms with Crippen molar-refractivity contribution < 1.29 is 37.7 Å². The third kappa shape index (κ3) is 6.26. The van der Waals surface area contributed by atoms with Crippen molar-refractivity contribution in [3.05, 3.63) is 35.6 Å². The lowest BCUT2D eigenvalue weighted by Gasteiger charge is -2.24. The molecule has 16 heteroatoms. The molecule has 1 aromatic carbocycles. The molecule has 2 aromatic heterocycles. The highest BCUT2D eigenvalue weighted by atomic mass is 35.5. The van der Waals surface area contributed by atoms with Crippen molar-refractivity contribution in [2.75, 3.05) is 26.1 Å². The number of halogens is 1. The molecular weight excluding hydrogens is 555 g/mol. The molecule has 1 aliphatic rings. The number of nitrogen functional groups attached to an aromatic ring is 1. The van der Waals surface area contributed by atoms with E-state index < -0.39 is 44.1 Å². The van der Waals surface area contributed by atoms with Gasteiger partial charge in [0.15, 0.2) is 11.2 Å². The normalized spacial score (nSPS) is 23.3. The monoisotopic (exact) mass is 584 g/mol. The number of nitrogens with one attached hydrogen (secondary N) is 1. The van der Waals surface area contributed by atoms with Crippen LogP contribution in [0.25, 0.3) is 11.2 Å². The summed E-state index contributed by atoms with van der Waals surface area (Å²) in [4.78, 5) is 24.7. The van der Waals surface area contributed by atoms with Crippen LogP contribution in [0.1, 0.15) is 27.0 Å². The number of para-hydroxylation sites is 1. The van der Waals surface area contributed by atoms with E-state index >= 15 is 0 Å². The number of nitrogens with two attached hydrogens (primary N) is 1. The van der Waals surface area contributed by atoms with Gasteiger partial charge in [0.25, 0.3) is 0 Å². The van der Waals surface area contributed by atoms with E-state index in [0.29, 0.717) is 17.8 Å². The topological polar surface area (TPSA) is 182 Å². The second-order valence-corrected chi connectivity index (χ2v) is 10.8. The number of aliphatic hydroxyl groups is 1. The summed E-state index contributed by atoms with van der Waals surface area (Å²) in [5.74, 6) is -0.866. The van der Waals surface area contributed by atoms with Crippen molar-refractivity contribution >= 4 is 42.4 Å². The van der Waals surface area contributed by atoms with Crippen LogP contribution in [-0.2, 0) is 23.4 Å². The molecule has 212 valence electrons. The number of carbonyl (C=O) groups is 1. The van der Waals surface area contributed by atoms with Gasteiger partial charge >= 0.3 is 13.7 Å². The Morgan fingerprint density at radius 3 is 2.79 bits per heavy atom. The van der Waals surface area contributed by atoms with E-state index in [1.54, 1.807) is 36.6 Å². The summed E-state index contributed by atoms with van der Waals surface area (Å²) >= 11 is 6.17. The van der Waals surface area contributed by atoms with E-state index in [4.69, 9.17) is 40.6 Å². The molecule has 0 radical (unpaired) electrons. The van der Waals surface area contributed by atoms with Crippen molar-refractivity contribution in [1.82, 2.24) is 24.6 Å². The van der Waals surface area contributed by atoms with E-state index in [-0.39, 0.29) is 29.2 Å². The molecule has 6 atom stereocenters. The zero-order valence-electron chi connectivity index (χ0n) is 21.7. The number of methoxy groups -OCH3 is 1. The molecule has 39 heavy (non-hydrogen) atoms. The minimum atomic E-state index is -4.23. The number of aliphatic hydroxyl groups excluding tert-OH is 1. The molecule has 0 amide bonds. The van der Waals surface area contributed by atoms with Gasteiger partial charge in [0.1, 0.15) is 24.1 Å². The van der Waals surface area contributed by atoms with Crippen molar-refractivity contribution in [2.24, 2.45) is 5.92 Å². The maximum absolute atomic E-state index is 13.7. The Bertz CT molecular complexity index is 1380. The van der Waals surface area contributed by atoms with Crippen molar-refractivity contribution in [1.29, 1.82) is 0 Å². The third-order valence-electron chi connectivity index (χ3n) is 6.02. The maximum Gasteiger partial charge on any atom is 0.459 e. The number of rotatable bonds is 11. The summed E-state index contributed by atoms with van der Waals surface area (Å²) < 4.78 is 42.9. The second-order valence-electron chi connectivity index (χ2n) is 8.75. The highest BCUT2D eigenvalue weighted by Gasteiger charge is 2.44. The van der Waals surface area contributed by atoms with E-state index in [9.17, 15) is 14.5 Å². The lowest BCUT2D eigenvalue weighted by Crippen LogP contribution is -2.36. The number of anilines is 1. The second kappa shape index (κ2) is 12.0. The predicted octanol–water partition coefficient (Wildman–Crippen LogP) is 2.71. The molecule has 0 bridgehead atoms. The Kier molecular flexibility index (Phi) is 8.94. The number of ether oxygens (including phenoxy) is 3. The zero-order chi connectivity index (χ0) is 28.3. The summed E-state index contributed by atoms with van der Waals surface area (Å²) in [6, 6.07) is 5.30. The van der Waals surface area contributed by atoms with Crippen LogP contribution < -0.4 is 20.1 Å². The molecular formula is C23H30ClN6O8P. The number of hydrogen-bond donors (Lipinski definition) is 3. The highest BCUT2D eigenvalue weighted by molar-refractivity contribution is 7.52. The Morgan fingerprint density at radius 1 is 1.36 bits per heavy atom. The van der Waals surface area contributed by atoms with Crippen LogP contribution in [0.2, 0.25) is 5.02 Å². The van der Waals surface area contributed by atoms with Gasteiger partial charge in [-0.25, -0.2) is 9.55 Å². The molecule has 1 fully saturated rings. The molecule has 0 aliphatic carbocycles. The minimum Gasteiger partial charge on any atom is -0.476 e. The third-order valence-corrected chi connectivity index (χ3v) is 7.96. The molecule has 14 nitrogen and oxygen atoms in total. The van der Waals surface area contributed by atoms with Gasteiger partial charge < -0.3 is 29.6 Å². The average molecular weight is 585 g/mol. The molecule has 3 aromatic rings. The standard InChI is InChI=1S/C23H30ClN6O8P/c1-5-35-20-17-19(27-23(25)28-20)30(11-26-17)21-12(2)18(31)16(37-21)10-36-39(33,29-13(3)22(32)34-4)38-15-9-7-6-8-14(15)24/h6-9,11-13,16,18,21,31H,5,10H2,1-4H3,(H,29,33)(H2,25,27,28). The summed E-state index contributed by atoms with van der Waals surface area (Å²) in [5.41, 5.74) is 6.61. The molecule has 1 aliphatic heterocycles. The van der Waals surface area contributed by atoms with Gasteiger partial charge in [0, 0.05) is 5.92 Å². The van der Waals surface area contributed by atoms with Gasteiger partial charge in [-0.2, -0.15) is 15.1 Å². The fraction of sp³-hybridized carbons (Fsp3) is 0.478. The first-order valence-electron chi connectivity index (χ1n) is 12.1. The van der Waals surface area contributed by atoms with Crippen LogP contribution in [0.5, 0.6) is 11.6 Å². The molecule has 4 rings (SSSR count). The highest BCUT2D eigenvalue weighted by Crippen LogP contribution is 2.48. The quantitative estimate of drug-likeness (QED) is 0.221. The molecule has 4 N–H and O–H groups in total. The average Bonchev–Trinajstić information content (AvgIpc) is 3.44. The maximum atomic E-state index is 13.7. The van der Waals surface area contributed by atoms with Crippen LogP contribution in [-0.4, -0.2) is 69.2 Å². The lowest BCUT2D eigenvalue weighted by molar-refractivity contribution is -0.142. The number of hydrogen-bond acceptors (Lipinski definition) is 12. The van der Waals surface area contributed by atoms with Crippen LogP contribution in [0.3, 0.4) is 0 Å². The minimum absolute atomic E-state index is 0.0118. The molecule has 0 spiro atoms. The Balaban J connectivity index is 1.55. The zero-order valence-corrected chi connectivity index (χ0v) is 23.3. The lowest BCUT2D eigenvalue weighted by atomic mass is 10.0. The van der Waals surface area contributed by atoms with E-state index in [1.165, 1.54) is 26.4 Å². The van der Waals surface area contributed by atoms with Gasteiger partial charge in [0.2, 0.25) is 11.8 Å². The largest absolute Gasteiger partial charge is 0.476 e. The summed E-state index contributed by atoms with van der Waals surface area (Å²) in [5, 5.41) is 13.7. The number of esters is 1. The number of aromatic nitrogens is 4. The SMILES string of the molecule is CCOc1nc(N)nc2c1ncn2C1OC(COP(=O)(NC(C)C(=O)OC)Oc2ccccc2Cl)C(O)C1C. The molecule has 1 saturated heterocycles. The van der Waals surface area contributed by atoms with Gasteiger partial charge in [0.05, 0.1) is 37.8 Å². The first kappa shape index (κ1) is 29.0. The number of nitrogens with zero attached hydrogens (tertiary/aromatic N) is 4. The molecule has 0 saturated carbocycles. The number of fused-ring (bicyclic) bond motifs is 1. The van der Waals surface area contributed by atoms with Gasteiger partial charge in [-0.1, -0.05) is 30.7 Å². The predicted molar refractivity (Wildman–Crippen MR) is 140 cm³/mol. The Hall–Kier alpha value is -3.00. The van der Waals surface area contributed by atoms with E-state index in [2.05, 4.69) is 20.0 Å². The van der Waals surface area contributed by atoms with E-state index in [0.717, 1.165) is 0 Å². The Morgan fingerprint density at radius 2 is 2.10 bits per heavy atom. The smallest absolute Gasteiger partial charge is 0.459 e. The van der Waals surface area contributed by atoms with Crippen LogP contribution in [0, 0.1) is 5.92 Å². The first-order chi connectivity index (χ1) is 18.6. The van der Waals surface area contributed by atoms with Crippen LogP contribution in [0.4, 0.5) is 5.95 Å². The first-order valence-corrected chi connectivity index (χ1v) is 14.0. The van der Waals surface area contributed by atoms with Crippen LogP contribution in [0.15, 0.2) is 30.6 Å². The van der Waals surface area contributed by atoms with Crippen molar-refractivity contribution in [3.63, 3.8) is 0 Å². The fourth-order valence-electron chi connectivity index (χ4n) is 4.05. The van der Waals surface area contributed by atoms with Gasteiger partial charge in [-0.15, -0.1) is 0 Å². The number of benzene rings is 1. The summed E-state index contributed by atoms with van der Waals surface area (Å²) in [6.07, 6.45) is -1.21. The summed E-state index contributed by atoms with van der Waals surface area (Å²) in [6.45, 7) is 5.00. The van der Waals surface area contributed by atoms with Crippen molar-refractivity contribution in [3.8, 4) is 11.6 Å². The van der Waals surface area contributed by atoms with E-state index in [1.807, 2.05) is 0 Å². The fourth-order valence-corrected chi connectivity index (χ4v) is 5.80. The van der Waals surface area contributed by atoms with Gasteiger partial charge in [-0.05, 0) is 26.0 Å². The van der Waals surface area contributed by atoms with Crippen molar-refractivity contribution in [2.45, 2.75) is 45.2 Å². The Labute approximate surface area is 229 Å². The summed E-state index contributed by atoms with van der Waals surface area (Å²) in [7, 11) is -3.03. The molecule has 3 heterocycles.